The second-order valence-electron chi connectivity index (χ2n) is 7.10. The SMILES string of the molecule is CC(Nc1nc(N)ncc1C#N)c1cc2cccc(Cl)c2c(=O)n1-c1c(F)cc(F)cc1F. The fourth-order valence-electron chi connectivity index (χ4n) is 3.50. The number of fused-ring (bicyclic) bond motifs is 1. The molecular formula is C22H14ClF3N6O. The molecule has 0 radical (unpaired) electrons. The lowest BCUT2D eigenvalue weighted by atomic mass is 10.1. The summed E-state index contributed by atoms with van der Waals surface area (Å²) in [6.07, 6.45) is 1.21. The van der Waals surface area contributed by atoms with E-state index in [0.29, 0.717) is 17.5 Å². The molecule has 7 nitrogen and oxygen atoms in total. The number of rotatable bonds is 4. The topological polar surface area (TPSA) is 110 Å². The summed E-state index contributed by atoms with van der Waals surface area (Å²) >= 11 is 6.20. The zero-order valence-electron chi connectivity index (χ0n) is 16.9. The second-order valence-corrected chi connectivity index (χ2v) is 7.51. The van der Waals surface area contributed by atoms with Crippen molar-refractivity contribution in [2.24, 2.45) is 0 Å². The molecule has 0 saturated heterocycles. The van der Waals surface area contributed by atoms with Crippen molar-refractivity contribution in [2.45, 2.75) is 13.0 Å². The Balaban J connectivity index is 2.01. The van der Waals surface area contributed by atoms with E-state index >= 15 is 0 Å². The molecule has 0 spiro atoms. The number of hydrogen-bond donors (Lipinski definition) is 2. The van der Waals surface area contributed by atoms with Crippen LogP contribution in [-0.2, 0) is 0 Å². The molecule has 0 amide bonds. The first-order valence-electron chi connectivity index (χ1n) is 9.49. The number of anilines is 2. The Morgan fingerprint density at radius 2 is 1.91 bits per heavy atom. The van der Waals surface area contributed by atoms with Gasteiger partial charge in [-0.25, -0.2) is 18.2 Å². The highest BCUT2D eigenvalue weighted by Gasteiger charge is 2.24. The molecule has 1 unspecified atom stereocenters. The third kappa shape index (κ3) is 3.94. The van der Waals surface area contributed by atoms with E-state index in [-0.39, 0.29) is 33.4 Å². The Bertz CT molecular complexity index is 1490. The van der Waals surface area contributed by atoms with Gasteiger partial charge in [0.25, 0.3) is 5.56 Å². The van der Waals surface area contributed by atoms with Crippen molar-refractivity contribution in [1.29, 1.82) is 5.26 Å². The van der Waals surface area contributed by atoms with Crippen molar-refractivity contribution in [3.05, 3.63) is 86.7 Å². The fraction of sp³-hybridized carbons (Fsp3) is 0.0909. The van der Waals surface area contributed by atoms with Crippen LogP contribution < -0.4 is 16.6 Å². The van der Waals surface area contributed by atoms with Crippen LogP contribution in [0.4, 0.5) is 24.9 Å². The van der Waals surface area contributed by atoms with E-state index in [9.17, 15) is 23.2 Å². The van der Waals surface area contributed by atoms with Gasteiger partial charge >= 0.3 is 0 Å². The number of nitrogens with one attached hydrogen (secondary N) is 1. The summed E-state index contributed by atoms with van der Waals surface area (Å²) in [5, 5.41) is 12.8. The summed E-state index contributed by atoms with van der Waals surface area (Å²) in [4.78, 5) is 21.2. The second kappa shape index (κ2) is 8.44. The highest BCUT2D eigenvalue weighted by molar-refractivity contribution is 6.35. The van der Waals surface area contributed by atoms with Crippen molar-refractivity contribution in [1.82, 2.24) is 14.5 Å². The van der Waals surface area contributed by atoms with Crippen LogP contribution >= 0.6 is 11.6 Å². The average Bonchev–Trinajstić information content (AvgIpc) is 2.74. The predicted octanol–water partition coefficient (Wildman–Crippen LogP) is 4.48. The minimum Gasteiger partial charge on any atom is -0.368 e. The molecule has 0 fully saturated rings. The van der Waals surface area contributed by atoms with Gasteiger partial charge < -0.3 is 11.1 Å². The summed E-state index contributed by atoms with van der Waals surface area (Å²) in [7, 11) is 0. The zero-order chi connectivity index (χ0) is 23.9. The molecule has 0 aliphatic rings. The number of aromatic nitrogens is 3. The maximum atomic E-state index is 14.7. The first-order chi connectivity index (χ1) is 15.7. The number of pyridine rings is 1. The van der Waals surface area contributed by atoms with Crippen LogP contribution in [0, 0.1) is 28.8 Å². The van der Waals surface area contributed by atoms with E-state index in [4.69, 9.17) is 17.3 Å². The molecule has 2 aromatic carbocycles. The van der Waals surface area contributed by atoms with E-state index < -0.39 is 34.7 Å². The number of hydrogen-bond acceptors (Lipinski definition) is 6. The Kier molecular flexibility index (Phi) is 5.66. The van der Waals surface area contributed by atoms with Crippen molar-refractivity contribution < 1.29 is 13.2 Å². The minimum absolute atomic E-state index is 0.0298. The van der Waals surface area contributed by atoms with Crippen LogP contribution in [0.2, 0.25) is 5.02 Å². The van der Waals surface area contributed by atoms with Crippen LogP contribution in [0.25, 0.3) is 16.5 Å². The van der Waals surface area contributed by atoms with Crippen LogP contribution in [0.1, 0.15) is 24.2 Å². The Hall–Kier alpha value is -4.10. The Morgan fingerprint density at radius 3 is 2.58 bits per heavy atom. The number of halogens is 4. The normalized spacial score (nSPS) is 11.9. The van der Waals surface area contributed by atoms with Gasteiger partial charge in [0, 0.05) is 17.8 Å². The fourth-order valence-corrected chi connectivity index (χ4v) is 3.77. The largest absolute Gasteiger partial charge is 0.368 e. The summed E-state index contributed by atoms with van der Waals surface area (Å²) in [5.74, 6) is -3.75. The summed E-state index contributed by atoms with van der Waals surface area (Å²) in [6, 6.07) is 8.25. The molecule has 11 heteroatoms. The first-order valence-corrected chi connectivity index (χ1v) is 9.87. The number of nitrogens with zero attached hydrogens (tertiary/aromatic N) is 4. The number of nitrogen functional groups attached to an aromatic ring is 1. The number of benzene rings is 2. The zero-order valence-corrected chi connectivity index (χ0v) is 17.7. The standard InChI is InChI=1S/C22H14ClF3N6O/c1-10(30-20-12(8-27)9-29-22(28)31-20)17-5-11-3-2-4-14(23)18(11)21(33)32(17)19-15(25)6-13(24)7-16(19)26/h2-7,9-10H,1H3,(H3,28,29,30,31). The van der Waals surface area contributed by atoms with Crippen molar-refractivity contribution in [3.63, 3.8) is 0 Å². The van der Waals surface area contributed by atoms with E-state index in [1.54, 1.807) is 19.1 Å². The highest BCUT2D eigenvalue weighted by Crippen LogP contribution is 2.29. The lowest BCUT2D eigenvalue weighted by Crippen LogP contribution is -2.27. The quantitative estimate of drug-likeness (QED) is 0.455. The molecule has 1 atom stereocenters. The molecule has 4 aromatic rings. The minimum atomic E-state index is -1.28. The third-order valence-corrected chi connectivity index (χ3v) is 5.27. The van der Waals surface area contributed by atoms with Crippen molar-refractivity contribution >= 4 is 34.1 Å². The predicted molar refractivity (Wildman–Crippen MR) is 118 cm³/mol. The Labute approximate surface area is 189 Å². The van der Waals surface area contributed by atoms with Crippen LogP contribution in [-0.4, -0.2) is 14.5 Å². The molecular weight excluding hydrogens is 457 g/mol. The van der Waals surface area contributed by atoms with Gasteiger partial charge in [0.1, 0.15) is 29.0 Å². The van der Waals surface area contributed by atoms with E-state index in [1.807, 2.05) is 6.07 Å². The monoisotopic (exact) mass is 470 g/mol. The van der Waals surface area contributed by atoms with Gasteiger partial charge in [0.05, 0.1) is 22.6 Å². The first kappa shape index (κ1) is 22.1. The third-order valence-electron chi connectivity index (χ3n) is 4.95. The van der Waals surface area contributed by atoms with Crippen LogP contribution in [0.5, 0.6) is 0 Å². The number of nitriles is 1. The summed E-state index contributed by atoms with van der Waals surface area (Å²) in [5.41, 5.74) is 4.19. The summed E-state index contributed by atoms with van der Waals surface area (Å²) < 4.78 is 43.8. The smallest absolute Gasteiger partial charge is 0.264 e. The van der Waals surface area contributed by atoms with E-state index in [2.05, 4.69) is 15.3 Å². The maximum Gasteiger partial charge on any atom is 0.264 e. The van der Waals surface area contributed by atoms with E-state index in [0.717, 1.165) is 4.57 Å². The molecule has 166 valence electrons. The average molecular weight is 471 g/mol. The summed E-state index contributed by atoms with van der Waals surface area (Å²) in [6.45, 7) is 1.58. The van der Waals surface area contributed by atoms with Crippen molar-refractivity contribution in [2.75, 3.05) is 11.1 Å². The highest BCUT2D eigenvalue weighted by atomic mass is 35.5. The molecule has 4 rings (SSSR count). The van der Waals surface area contributed by atoms with E-state index in [1.165, 1.54) is 18.3 Å². The molecule has 33 heavy (non-hydrogen) atoms. The molecule has 0 aliphatic carbocycles. The van der Waals surface area contributed by atoms with Gasteiger partial charge in [-0.15, -0.1) is 0 Å². The molecule has 2 aromatic heterocycles. The number of nitrogens with two attached hydrogens (primary N) is 1. The lowest BCUT2D eigenvalue weighted by Gasteiger charge is -2.22. The lowest BCUT2D eigenvalue weighted by molar-refractivity contribution is 0.529. The van der Waals surface area contributed by atoms with Crippen LogP contribution in [0.15, 0.2) is 47.4 Å². The van der Waals surface area contributed by atoms with Gasteiger partial charge in [-0.1, -0.05) is 23.7 Å². The van der Waals surface area contributed by atoms with Gasteiger partial charge in [0.2, 0.25) is 5.95 Å². The molecule has 0 saturated carbocycles. The van der Waals surface area contributed by atoms with Crippen LogP contribution in [0.3, 0.4) is 0 Å². The van der Waals surface area contributed by atoms with Gasteiger partial charge in [0.15, 0.2) is 11.6 Å². The van der Waals surface area contributed by atoms with Gasteiger partial charge in [-0.05, 0) is 24.4 Å². The molecule has 0 bridgehead atoms. The van der Waals surface area contributed by atoms with Gasteiger partial charge in [-0.3, -0.25) is 9.36 Å². The van der Waals surface area contributed by atoms with Crippen molar-refractivity contribution in [3.8, 4) is 11.8 Å². The molecule has 2 heterocycles. The molecule has 0 aliphatic heterocycles. The molecule has 3 N–H and O–H groups in total. The Morgan fingerprint density at radius 1 is 1.21 bits per heavy atom. The maximum absolute atomic E-state index is 14.7. The van der Waals surface area contributed by atoms with Gasteiger partial charge in [-0.2, -0.15) is 10.2 Å².